The molecule has 3 aliphatic rings. The van der Waals surface area contributed by atoms with Crippen LogP contribution in [0.2, 0.25) is 0 Å². The number of hydrogen-bond acceptors (Lipinski definition) is 2. The van der Waals surface area contributed by atoms with Crippen LogP contribution in [-0.4, -0.2) is 10.9 Å². The van der Waals surface area contributed by atoms with Gasteiger partial charge in [0.1, 0.15) is 11.5 Å². The second-order valence-electron chi connectivity index (χ2n) is 7.55. The Morgan fingerprint density at radius 1 is 1.30 bits per heavy atom. The van der Waals surface area contributed by atoms with Crippen molar-refractivity contribution in [1.29, 1.82) is 0 Å². The van der Waals surface area contributed by atoms with E-state index in [1.807, 2.05) is 13.0 Å². The van der Waals surface area contributed by atoms with Crippen LogP contribution in [0.15, 0.2) is 28.7 Å². The average Bonchev–Trinajstić information content (AvgIpc) is 2.37. The van der Waals surface area contributed by atoms with E-state index in [0.717, 1.165) is 24.8 Å². The number of ketones is 1. The van der Waals surface area contributed by atoms with E-state index in [4.69, 9.17) is 0 Å². The molecule has 1 N–H and O–H groups in total. The van der Waals surface area contributed by atoms with E-state index in [0.29, 0.717) is 23.9 Å². The summed E-state index contributed by atoms with van der Waals surface area (Å²) >= 11 is 0. The maximum Gasteiger partial charge on any atom is 0.138 e. The maximum atomic E-state index is 12.3. The van der Waals surface area contributed by atoms with E-state index < -0.39 is 0 Å². The summed E-state index contributed by atoms with van der Waals surface area (Å²) < 4.78 is 0. The summed E-state index contributed by atoms with van der Waals surface area (Å²) in [6.07, 6.45) is 5.68. The smallest absolute Gasteiger partial charge is 0.138 e. The molecule has 2 fully saturated rings. The Balaban J connectivity index is 2.10. The highest BCUT2D eigenvalue weighted by Gasteiger charge is 2.56. The number of carbonyl (C=O) groups excluding carboxylic acids is 1. The predicted octanol–water partition coefficient (Wildman–Crippen LogP) is 4.34. The molecule has 0 unspecified atom stereocenters. The van der Waals surface area contributed by atoms with Crippen molar-refractivity contribution in [1.82, 2.24) is 0 Å². The molecule has 20 heavy (non-hydrogen) atoms. The number of allylic oxidation sites excluding steroid dienone is 2. The highest BCUT2D eigenvalue weighted by molar-refractivity contribution is 5.85. The van der Waals surface area contributed by atoms with Crippen molar-refractivity contribution < 1.29 is 9.90 Å². The number of Topliss-reactive ketones (excluding diaryl/α,β-unsaturated/α-hetero) is 1. The zero-order valence-corrected chi connectivity index (χ0v) is 12.9. The number of aliphatic hydroxyl groups excluding tert-OH is 1. The maximum absolute atomic E-state index is 12.3. The molecule has 0 aliphatic heterocycles. The lowest BCUT2D eigenvalue weighted by Crippen LogP contribution is -2.53. The zero-order valence-electron chi connectivity index (χ0n) is 12.9. The quantitative estimate of drug-likeness (QED) is 0.666. The third-order valence-corrected chi connectivity index (χ3v) is 6.12. The summed E-state index contributed by atoms with van der Waals surface area (Å²) in [6.45, 7) is 8.44. The summed E-state index contributed by atoms with van der Waals surface area (Å²) in [5.41, 5.74) is 5.41. The number of hydrogen-bond donors (Lipinski definition) is 1. The summed E-state index contributed by atoms with van der Waals surface area (Å²) in [7, 11) is 0. The molecular formula is C18H24O2. The van der Waals surface area contributed by atoms with Crippen LogP contribution in [0.1, 0.15) is 53.4 Å². The van der Waals surface area contributed by atoms with Gasteiger partial charge in [-0.05, 0) is 49.2 Å². The minimum Gasteiger partial charge on any atom is -0.507 e. The van der Waals surface area contributed by atoms with E-state index in [-0.39, 0.29) is 16.7 Å². The van der Waals surface area contributed by atoms with Crippen molar-refractivity contribution in [2.75, 3.05) is 0 Å². The second kappa shape index (κ2) is 4.11. The van der Waals surface area contributed by atoms with Gasteiger partial charge >= 0.3 is 0 Å². The SMILES string of the molecule is CC1=C=C2CC[C@H]3C(C)(C)C(=O)CC[C@]3(C)[C@H]2C=C1O. The highest BCUT2D eigenvalue weighted by Crippen LogP contribution is 2.60. The van der Waals surface area contributed by atoms with Gasteiger partial charge < -0.3 is 5.11 Å². The van der Waals surface area contributed by atoms with Gasteiger partial charge in [0.05, 0.1) is 0 Å². The Bertz CT molecular complexity index is 572. The van der Waals surface area contributed by atoms with Crippen molar-refractivity contribution in [3.05, 3.63) is 28.7 Å². The van der Waals surface area contributed by atoms with Crippen molar-refractivity contribution in [2.45, 2.75) is 53.4 Å². The molecule has 108 valence electrons. The standard InChI is InChI=1S/C18H24O2/c1-11-9-12-5-6-15-17(2,3)16(20)7-8-18(15,4)13(12)10-14(11)19/h10,13,15,19H,5-8H2,1-4H3/t13-,15-,18+/m0/s1. The van der Waals surface area contributed by atoms with Crippen LogP contribution in [0.3, 0.4) is 0 Å². The van der Waals surface area contributed by atoms with Gasteiger partial charge in [-0.25, -0.2) is 0 Å². The third-order valence-electron chi connectivity index (χ3n) is 6.12. The fourth-order valence-electron chi connectivity index (χ4n) is 4.83. The van der Waals surface area contributed by atoms with Gasteiger partial charge in [-0.1, -0.05) is 20.8 Å². The van der Waals surface area contributed by atoms with Crippen LogP contribution in [-0.2, 0) is 4.79 Å². The van der Waals surface area contributed by atoms with Gasteiger partial charge in [0, 0.05) is 23.3 Å². The van der Waals surface area contributed by atoms with Crippen LogP contribution in [0.5, 0.6) is 0 Å². The molecular weight excluding hydrogens is 248 g/mol. The molecule has 3 aliphatic carbocycles. The number of carbonyl (C=O) groups is 1. The molecule has 0 amide bonds. The highest BCUT2D eigenvalue weighted by atomic mass is 16.3. The summed E-state index contributed by atoms with van der Waals surface area (Å²) in [5, 5.41) is 10.1. The van der Waals surface area contributed by atoms with Crippen molar-refractivity contribution in [3.63, 3.8) is 0 Å². The molecule has 0 aromatic carbocycles. The normalized spacial score (nSPS) is 39.2. The molecule has 2 nitrogen and oxygen atoms in total. The van der Waals surface area contributed by atoms with Gasteiger partial charge in [0.2, 0.25) is 0 Å². The van der Waals surface area contributed by atoms with E-state index in [2.05, 4.69) is 26.5 Å². The molecule has 0 aromatic rings. The molecule has 3 atom stereocenters. The molecule has 0 aromatic heterocycles. The van der Waals surface area contributed by atoms with Crippen LogP contribution in [0, 0.1) is 22.7 Å². The third kappa shape index (κ3) is 1.67. The van der Waals surface area contributed by atoms with Crippen LogP contribution >= 0.6 is 0 Å². The lowest BCUT2D eigenvalue weighted by molar-refractivity contribution is -0.143. The Hall–Kier alpha value is -1.27. The van der Waals surface area contributed by atoms with E-state index in [9.17, 15) is 9.90 Å². The summed E-state index contributed by atoms with van der Waals surface area (Å²) in [4.78, 5) is 12.3. The first-order valence-electron chi connectivity index (χ1n) is 7.67. The first-order valence-corrected chi connectivity index (χ1v) is 7.67. The molecule has 3 rings (SSSR count). The van der Waals surface area contributed by atoms with E-state index in [1.165, 1.54) is 5.57 Å². The van der Waals surface area contributed by atoms with Gasteiger partial charge in [-0.3, -0.25) is 4.79 Å². The molecule has 0 bridgehead atoms. The zero-order chi connectivity index (χ0) is 14.7. The van der Waals surface area contributed by atoms with Gasteiger partial charge in [0.25, 0.3) is 0 Å². The number of aliphatic hydroxyl groups is 1. The van der Waals surface area contributed by atoms with E-state index in [1.54, 1.807) is 0 Å². The minimum absolute atomic E-state index is 0.0761. The molecule has 2 saturated carbocycles. The van der Waals surface area contributed by atoms with Crippen LogP contribution < -0.4 is 0 Å². The Labute approximate surface area is 121 Å². The minimum atomic E-state index is -0.238. The Kier molecular flexibility index (Phi) is 2.82. The summed E-state index contributed by atoms with van der Waals surface area (Å²) in [6, 6.07) is 0. The Morgan fingerprint density at radius 3 is 2.70 bits per heavy atom. The van der Waals surface area contributed by atoms with Crippen LogP contribution in [0.4, 0.5) is 0 Å². The van der Waals surface area contributed by atoms with Gasteiger partial charge in [-0.15, -0.1) is 5.73 Å². The first kappa shape index (κ1) is 13.7. The molecule has 2 heteroatoms. The van der Waals surface area contributed by atoms with Crippen molar-refractivity contribution >= 4 is 5.78 Å². The monoisotopic (exact) mass is 272 g/mol. The average molecular weight is 272 g/mol. The fraction of sp³-hybridized carbons (Fsp3) is 0.667. The lowest BCUT2D eigenvalue weighted by atomic mass is 9.47. The number of fused-ring (bicyclic) bond motifs is 3. The molecule has 0 radical (unpaired) electrons. The lowest BCUT2D eigenvalue weighted by Gasteiger charge is -2.56. The van der Waals surface area contributed by atoms with Crippen LogP contribution in [0.25, 0.3) is 0 Å². The molecule has 0 spiro atoms. The van der Waals surface area contributed by atoms with Crippen molar-refractivity contribution in [2.24, 2.45) is 22.7 Å². The van der Waals surface area contributed by atoms with Crippen molar-refractivity contribution in [3.8, 4) is 0 Å². The second-order valence-corrected chi connectivity index (χ2v) is 7.55. The van der Waals surface area contributed by atoms with E-state index >= 15 is 0 Å². The largest absolute Gasteiger partial charge is 0.507 e. The summed E-state index contributed by atoms with van der Waals surface area (Å²) in [5.74, 6) is 1.42. The predicted molar refractivity (Wildman–Crippen MR) is 79.3 cm³/mol. The molecule has 0 heterocycles. The number of rotatable bonds is 0. The Morgan fingerprint density at radius 2 is 2.00 bits per heavy atom. The van der Waals surface area contributed by atoms with Gasteiger partial charge in [0.15, 0.2) is 0 Å². The topological polar surface area (TPSA) is 37.3 Å². The fourth-order valence-corrected chi connectivity index (χ4v) is 4.83. The molecule has 0 saturated heterocycles. The first-order chi connectivity index (χ1) is 9.26. The van der Waals surface area contributed by atoms with Gasteiger partial charge in [-0.2, -0.15) is 0 Å².